The second-order valence-electron chi connectivity index (χ2n) is 4.29. The lowest BCUT2D eigenvalue weighted by Crippen LogP contribution is -2.22. The summed E-state index contributed by atoms with van der Waals surface area (Å²) >= 11 is 0. The first-order valence-electron chi connectivity index (χ1n) is 5.53. The van der Waals surface area contributed by atoms with E-state index in [0.717, 1.165) is 5.56 Å². The van der Waals surface area contributed by atoms with E-state index >= 15 is 0 Å². The summed E-state index contributed by atoms with van der Waals surface area (Å²) in [5, 5.41) is 8.79. The predicted molar refractivity (Wildman–Crippen MR) is 63.9 cm³/mol. The Bertz CT molecular complexity index is 498. The van der Waals surface area contributed by atoms with Crippen LogP contribution in [0.5, 0.6) is 5.75 Å². The van der Waals surface area contributed by atoms with E-state index in [1.165, 1.54) is 6.08 Å². The molecule has 1 N–H and O–H groups in total. The summed E-state index contributed by atoms with van der Waals surface area (Å²) in [4.78, 5) is 10.8. The SMILES string of the molecule is CC(C)c1ccc2c(c1)OC(F)C(C(=O)O)=C2.FF. The van der Waals surface area contributed by atoms with Crippen LogP contribution in [0.25, 0.3) is 6.08 Å². The van der Waals surface area contributed by atoms with Gasteiger partial charge in [-0.3, -0.25) is 0 Å². The van der Waals surface area contributed by atoms with E-state index in [1.807, 2.05) is 19.9 Å². The van der Waals surface area contributed by atoms with Crippen LogP contribution in [0.3, 0.4) is 0 Å². The van der Waals surface area contributed by atoms with Gasteiger partial charge in [-0.05, 0) is 23.6 Å². The zero-order chi connectivity index (χ0) is 14.6. The first-order valence-corrected chi connectivity index (χ1v) is 5.53. The van der Waals surface area contributed by atoms with E-state index in [0.29, 0.717) is 17.2 Å². The highest BCUT2D eigenvalue weighted by Crippen LogP contribution is 2.32. The quantitative estimate of drug-likeness (QED) is 0.892. The maximum absolute atomic E-state index is 13.4. The fourth-order valence-corrected chi connectivity index (χ4v) is 1.70. The van der Waals surface area contributed by atoms with Crippen molar-refractivity contribution in [2.24, 2.45) is 0 Å². The Labute approximate surface area is 108 Å². The van der Waals surface area contributed by atoms with Gasteiger partial charge in [-0.1, -0.05) is 26.0 Å². The number of rotatable bonds is 2. The molecule has 0 saturated heterocycles. The Hall–Kier alpha value is -1.98. The molecule has 1 heterocycles. The average Bonchev–Trinajstić information content (AvgIpc) is 2.39. The van der Waals surface area contributed by atoms with Gasteiger partial charge < -0.3 is 9.84 Å². The molecule has 1 aliphatic rings. The van der Waals surface area contributed by atoms with Crippen LogP contribution in [-0.2, 0) is 4.79 Å². The van der Waals surface area contributed by atoms with E-state index in [1.54, 1.807) is 12.1 Å². The zero-order valence-electron chi connectivity index (χ0n) is 10.4. The van der Waals surface area contributed by atoms with E-state index in [4.69, 9.17) is 19.0 Å². The minimum absolute atomic E-state index is 0.312. The highest BCUT2D eigenvalue weighted by atomic mass is 20.0. The van der Waals surface area contributed by atoms with Crippen LogP contribution in [-0.4, -0.2) is 17.4 Å². The van der Waals surface area contributed by atoms with Gasteiger partial charge in [-0.25, -0.2) is 4.79 Å². The summed E-state index contributed by atoms with van der Waals surface area (Å²) in [6.07, 6.45) is -0.585. The summed E-state index contributed by atoms with van der Waals surface area (Å²) in [6, 6.07) is 5.39. The molecule has 0 fully saturated rings. The summed E-state index contributed by atoms with van der Waals surface area (Å²) in [5.41, 5.74) is 1.26. The molecule has 0 spiro atoms. The van der Waals surface area contributed by atoms with Gasteiger partial charge in [0.05, 0.1) is 0 Å². The van der Waals surface area contributed by atoms with Gasteiger partial charge in [0.1, 0.15) is 11.3 Å². The first kappa shape index (κ1) is 15.1. The molecular formula is C13H13F3O3. The molecule has 0 saturated carbocycles. The van der Waals surface area contributed by atoms with Crippen molar-refractivity contribution in [3.05, 3.63) is 34.9 Å². The number of carboxylic acids is 1. The molecule has 1 unspecified atom stereocenters. The minimum atomic E-state index is -1.90. The second-order valence-corrected chi connectivity index (χ2v) is 4.29. The molecule has 1 aromatic rings. The molecule has 1 aliphatic heterocycles. The molecule has 104 valence electrons. The van der Waals surface area contributed by atoms with Gasteiger partial charge in [0.15, 0.2) is 0 Å². The number of ether oxygens (including phenoxy) is 1. The maximum Gasteiger partial charge on any atom is 0.338 e. The van der Waals surface area contributed by atoms with Crippen molar-refractivity contribution in [3.8, 4) is 5.75 Å². The van der Waals surface area contributed by atoms with Crippen molar-refractivity contribution in [1.82, 2.24) is 0 Å². The predicted octanol–water partition coefficient (Wildman–Crippen LogP) is 3.81. The standard InChI is InChI=1S/C13H13FO3.F2/c1-7(2)8-3-4-9-5-10(13(15)16)12(14)17-11(9)6-8;1-2/h3-7,12H,1-2H3,(H,15,16);. The van der Waals surface area contributed by atoms with Gasteiger partial charge in [0.2, 0.25) is 0 Å². The minimum Gasteiger partial charge on any atom is -0.478 e. The number of benzene rings is 1. The summed E-state index contributed by atoms with van der Waals surface area (Å²) in [6.45, 7) is 4.05. The highest BCUT2D eigenvalue weighted by molar-refractivity contribution is 5.94. The van der Waals surface area contributed by atoms with Crippen LogP contribution in [0.2, 0.25) is 0 Å². The Morgan fingerprint density at radius 1 is 1.37 bits per heavy atom. The van der Waals surface area contributed by atoms with Crippen molar-refractivity contribution >= 4 is 12.0 Å². The van der Waals surface area contributed by atoms with Gasteiger partial charge in [-0.2, -0.15) is 4.39 Å². The number of alkyl halides is 1. The molecule has 1 aromatic carbocycles. The number of hydrogen-bond acceptors (Lipinski definition) is 2. The van der Waals surface area contributed by atoms with Crippen LogP contribution in [0.4, 0.5) is 13.5 Å². The van der Waals surface area contributed by atoms with Gasteiger partial charge in [0.25, 0.3) is 6.36 Å². The van der Waals surface area contributed by atoms with Gasteiger partial charge >= 0.3 is 5.97 Å². The Morgan fingerprint density at radius 2 is 2.00 bits per heavy atom. The molecule has 3 nitrogen and oxygen atoms in total. The molecule has 2 rings (SSSR count). The van der Waals surface area contributed by atoms with E-state index in [2.05, 4.69) is 0 Å². The molecule has 0 bridgehead atoms. The number of fused-ring (bicyclic) bond motifs is 1. The molecule has 0 amide bonds. The average molecular weight is 274 g/mol. The normalized spacial score (nSPS) is 16.7. The van der Waals surface area contributed by atoms with Crippen molar-refractivity contribution in [3.63, 3.8) is 0 Å². The molecule has 0 aromatic heterocycles. The summed E-state index contributed by atoms with van der Waals surface area (Å²) in [7, 11) is 0. The Balaban J connectivity index is 0.000000861. The molecule has 6 heteroatoms. The summed E-state index contributed by atoms with van der Waals surface area (Å²) in [5.74, 6) is -0.586. The number of carbonyl (C=O) groups is 1. The fourth-order valence-electron chi connectivity index (χ4n) is 1.70. The second kappa shape index (κ2) is 6.26. The lowest BCUT2D eigenvalue weighted by molar-refractivity contribution is -0.134. The van der Waals surface area contributed by atoms with Crippen molar-refractivity contribution in [1.29, 1.82) is 0 Å². The fraction of sp³-hybridized carbons (Fsp3) is 0.308. The van der Waals surface area contributed by atoms with E-state index < -0.39 is 12.3 Å². The van der Waals surface area contributed by atoms with Crippen LogP contribution in [0.1, 0.15) is 30.9 Å². The van der Waals surface area contributed by atoms with E-state index in [9.17, 15) is 9.18 Å². The zero-order valence-corrected chi connectivity index (χ0v) is 10.4. The van der Waals surface area contributed by atoms with Crippen molar-refractivity contribution < 1.29 is 28.2 Å². The number of halogens is 3. The molecule has 1 atom stereocenters. The number of carboxylic acid groups (broad SMARTS) is 1. The van der Waals surface area contributed by atoms with Crippen LogP contribution in [0.15, 0.2) is 23.8 Å². The first-order chi connectivity index (χ1) is 8.99. The lowest BCUT2D eigenvalue weighted by atomic mass is 9.99. The number of aliphatic carboxylic acids is 1. The third-order valence-electron chi connectivity index (χ3n) is 2.74. The monoisotopic (exact) mass is 274 g/mol. The highest BCUT2D eigenvalue weighted by Gasteiger charge is 2.27. The van der Waals surface area contributed by atoms with Crippen LogP contribution >= 0.6 is 0 Å². The Kier molecular flexibility index (Phi) is 4.97. The smallest absolute Gasteiger partial charge is 0.338 e. The van der Waals surface area contributed by atoms with Crippen molar-refractivity contribution in [2.75, 3.05) is 0 Å². The lowest BCUT2D eigenvalue weighted by Gasteiger charge is -2.20. The molecule has 0 aliphatic carbocycles. The molecule has 0 radical (unpaired) electrons. The van der Waals surface area contributed by atoms with Gasteiger partial charge in [0, 0.05) is 14.7 Å². The molecule has 19 heavy (non-hydrogen) atoms. The summed E-state index contributed by atoms with van der Waals surface area (Å²) < 4.78 is 34.4. The number of hydrogen-bond donors (Lipinski definition) is 1. The van der Waals surface area contributed by atoms with Crippen LogP contribution in [0, 0.1) is 0 Å². The topological polar surface area (TPSA) is 46.5 Å². The third-order valence-corrected chi connectivity index (χ3v) is 2.74. The molecular weight excluding hydrogens is 261 g/mol. The van der Waals surface area contributed by atoms with Crippen molar-refractivity contribution in [2.45, 2.75) is 26.1 Å². The largest absolute Gasteiger partial charge is 0.478 e. The van der Waals surface area contributed by atoms with Gasteiger partial charge in [-0.15, -0.1) is 0 Å². The maximum atomic E-state index is 13.4. The Morgan fingerprint density at radius 3 is 2.53 bits per heavy atom. The third kappa shape index (κ3) is 3.27. The van der Waals surface area contributed by atoms with Crippen LogP contribution < -0.4 is 4.74 Å². The van der Waals surface area contributed by atoms with E-state index in [-0.39, 0.29) is 5.57 Å².